The average Bonchev–Trinajstić information content (AvgIpc) is 3.36. The molecule has 29 heavy (non-hydrogen) atoms. The maximum absolute atomic E-state index is 12.6. The summed E-state index contributed by atoms with van der Waals surface area (Å²) in [5.74, 6) is 2.99. The summed E-state index contributed by atoms with van der Waals surface area (Å²) in [6.07, 6.45) is 8.23. The van der Waals surface area contributed by atoms with Crippen LogP contribution < -0.4 is 10.6 Å². The van der Waals surface area contributed by atoms with Crippen molar-refractivity contribution < 1.29 is 4.79 Å². The van der Waals surface area contributed by atoms with Gasteiger partial charge >= 0.3 is 0 Å². The van der Waals surface area contributed by atoms with Crippen molar-refractivity contribution in [1.29, 1.82) is 0 Å². The van der Waals surface area contributed by atoms with Crippen LogP contribution in [0.3, 0.4) is 0 Å². The highest BCUT2D eigenvalue weighted by atomic mass is 127. The van der Waals surface area contributed by atoms with Crippen LogP contribution in [0.2, 0.25) is 0 Å². The molecule has 2 aliphatic heterocycles. The Hall–Kier alpha value is -0.570. The van der Waals surface area contributed by atoms with E-state index >= 15 is 0 Å². The molecule has 2 unspecified atom stereocenters. The van der Waals surface area contributed by atoms with E-state index in [1.165, 1.54) is 45.3 Å². The fraction of sp³-hybridized carbons (Fsp3) is 0.909. The van der Waals surface area contributed by atoms with Crippen molar-refractivity contribution in [2.24, 2.45) is 22.7 Å². The van der Waals surface area contributed by atoms with E-state index < -0.39 is 0 Å². The minimum absolute atomic E-state index is 0. The summed E-state index contributed by atoms with van der Waals surface area (Å²) in [7, 11) is 1.84. The van der Waals surface area contributed by atoms with Gasteiger partial charge in [0.1, 0.15) is 0 Å². The van der Waals surface area contributed by atoms with Crippen molar-refractivity contribution in [1.82, 2.24) is 20.4 Å². The summed E-state index contributed by atoms with van der Waals surface area (Å²) in [6, 6.07) is 0.320. The van der Waals surface area contributed by atoms with Crippen molar-refractivity contribution in [2.75, 3.05) is 46.3 Å². The molecular weight excluding hydrogens is 477 g/mol. The topological polar surface area (TPSA) is 60.0 Å². The van der Waals surface area contributed by atoms with E-state index in [9.17, 15) is 4.79 Å². The zero-order valence-corrected chi connectivity index (χ0v) is 21.0. The molecule has 2 saturated heterocycles. The van der Waals surface area contributed by atoms with Crippen LogP contribution in [-0.4, -0.2) is 74.0 Å². The second-order valence-electron chi connectivity index (χ2n) is 9.51. The zero-order chi connectivity index (χ0) is 19.9. The number of guanidine groups is 1. The second-order valence-corrected chi connectivity index (χ2v) is 9.51. The van der Waals surface area contributed by atoms with Gasteiger partial charge in [-0.05, 0) is 50.5 Å². The zero-order valence-electron chi connectivity index (χ0n) is 18.7. The van der Waals surface area contributed by atoms with E-state index in [4.69, 9.17) is 0 Å². The quantitative estimate of drug-likeness (QED) is 0.322. The molecule has 3 rings (SSSR count). The molecule has 1 amide bonds. The van der Waals surface area contributed by atoms with Gasteiger partial charge in [0.15, 0.2) is 5.96 Å². The Morgan fingerprint density at radius 3 is 2.52 bits per heavy atom. The van der Waals surface area contributed by atoms with Crippen LogP contribution in [0.25, 0.3) is 0 Å². The number of hydrogen-bond acceptors (Lipinski definition) is 3. The van der Waals surface area contributed by atoms with Gasteiger partial charge in [-0.25, -0.2) is 0 Å². The monoisotopic (exact) mass is 519 g/mol. The summed E-state index contributed by atoms with van der Waals surface area (Å²) in [5.41, 5.74) is 0. The van der Waals surface area contributed by atoms with E-state index in [1.54, 1.807) is 0 Å². The Labute approximate surface area is 194 Å². The number of aliphatic imine (C=N–C) groups is 1. The van der Waals surface area contributed by atoms with Gasteiger partial charge in [-0.1, -0.05) is 26.7 Å². The van der Waals surface area contributed by atoms with Gasteiger partial charge in [0, 0.05) is 51.7 Å². The highest BCUT2D eigenvalue weighted by Crippen LogP contribution is 2.27. The van der Waals surface area contributed by atoms with Crippen LogP contribution in [0, 0.1) is 17.8 Å². The predicted octanol–water partition coefficient (Wildman–Crippen LogP) is 2.93. The first-order chi connectivity index (χ1) is 13.5. The maximum atomic E-state index is 12.6. The Balaban J connectivity index is 0.00000300. The molecule has 0 aromatic carbocycles. The standard InChI is InChI=1S/C22H41N5O.HI/c1-17(2)14-26-11-6-7-18(15-26)13-24-22(23-3)25-20-10-12-27(16-20)21(28)19-8-4-5-9-19;/h17-20H,4-16H2,1-3H3,(H2,23,24,25);1H. The molecule has 0 spiro atoms. The number of hydrogen-bond donors (Lipinski definition) is 2. The van der Waals surface area contributed by atoms with E-state index in [0.29, 0.717) is 17.9 Å². The lowest BCUT2D eigenvalue weighted by Gasteiger charge is -2.34. The van der Waals surface area contributed by atoms with Crippen molar-refractivity contribution in [3.05, 3.63) is 0 Å². The van der Waals surface area contributed by atoms with Crippen LogP contribution in [0.1, 0.15) is 58.8 Å². The number of amides is 1. The average molecular weight is 520 g/mol. The molecule has 1 saturated carbocycles. The van der Waals surface area contributed by atoms with Crippen LogP contribution in [0.4, 0.5) is 0 Å². The molecule has 0 bridgehead atoms. The first kappa shape index (κ1) is 24.7. The van der Waals surface area contributed by atoms with Gasteiger partial charge < -0.3 is 20.4 Å². The SMILES string of the molecule is CN=C(NCC1CCCN(CC(C)C)C1)NC1CCN(C(=O)C2CCCC2)C1.I. The molecule has 3 fully saturated rings. The van der Waals surface area contributed by atoms with Gasteiger partial charge in [0.2, 0.25) is 5.91 Å². The predicted molar refractivity (Wildman–Crippen MR) is 131 cm³/mol. The molecule has 168 valence electrons. The molecule has 6 nitrogen and oxygen atoms in total. The number of piperidine rings is 1. The van der Waals surface area contributed by atoms with Gasteiger partial charge in [-0.3, -0.25) is 9.79 Å². The van der Waals surface area contributed by atoms with Crippen LogP contribution >= 0.6 is 24.0 Å². The third kappa shape index (κ3) is 7.56. The molecule has 3 aliphatic rings. The molecule has 0 radical (unpaired) electrons. The Morgan fingerprint density at radius 2 is 1.83 bits per heavy atom. The maximum Gasteiger partial charge on any atom is 0.225 e. The third-order valence-electron chi connectivity index (χ3n) is 6.55. The number of nitrogens with one attached hydrogen (secondary N) is 2. The summed E-state index contributed by atoms with van der Waals surface area (Å²) >= 11 is 0. The van der Waals surface area contributed by atoms with Gasteiger partial charge in [0.05, 0.1) is 0 Å². The number of halogens is 1. The van der Waals surface area contributed by atoms with Crippen LogP contribution in [-0.2, 0) is 4.79 Å². The van der Waals surface area contributed by atoms with Crippen LogP contribution in [0.15, 0.2) is 4.99 Å². The summed E-state index contributed by atoms with van der Waals surface area (Å²) < 4.78 is 0. The summed E-state index contributed by atoms with van der Waals surface area (Å²) in [6.45, 7) is 10.9. The van der Waals surface area contributed by atoms with Gasteiger partial charge in [-0.15, -0.1) is 24.0 Å². The Bertz CT molecular complexity index is 535. The molecular formula is C22H42IN5O. The first-order valence-corrected chi connectivity index (χ1v) is 11.5. The summed E-state index contributed by atoms with van der Waals surface area (Å²) in [4.78, 5) is 21.8. The molecule has 0 aromatic heterocycles. The van der Waals surface area contributed by atoms with Gasteiger partial charge in [0.25, 0.3) is 0 Å². The van der Waals surface area contributed by atoms with Gasteiger partial charge in [-0.2, -0.15) is 0 Å². The highest BCUT2D eigenvalue weighted by Gasteiger charge is 2.32. The Morgan fingerprint density at radius 1 is 1.07 bits per heavy atom. The number of nitrogens with zero attached hydrogens (tertiary/aromatic N) is 3. The van der Waals surface area contributed by atoms with Crippen molar-refractivity contribution in [3.63, 3.8) is 0 Å². The largest absolute Gasteiger partial charge is 0.356 e. The minimum atomic E-state index is 0. The first-order valence-electron chi connectivity index (χ1n) is 11.5. The fourth-order valence-corrected chi connectivity index (χ4v) is 5.14. The highest BCUT2D eigenvalue weighted by molar-refractivity contribution is 14.0. The molecule has 2 N–H and O–H groups in total. The third-order valence-corrected chi connectivity index (χ3v) is 6.55. The lowest BCUT2D eigenvalue weighted by atomic mass is 9.97. The second kappa shape index (κ2) is 12.3. The van der Waals surface area contributed by atoms with E-state index in [2.05, 4.69) is 39.3 Å². The fourth-order valence-electron chi connectivity index (χ4n) is 5.14. The van der Waals surface area contributed by atoms with E-state index in [-0.39, 0.29) is 29.9 Å². The molecule has 1 aliphatic carbocycles. The lowest BCUT2D eigenvalue weighted by molar-refractivity contribution is -0.134. The van der Waals surface area contributed by atoms with E-state index in [1.807, 2.05) is 7.05 Å². The minimum Gasteiger partial charge on any atom is -0.356 e. The molecule has 7 heteroatoms. The normalized spacial score (nSPS) is 26.6. The lowest BCUT2D eigenvalue weighted by Crippen LogP contribution is -2.48. The van der Waals surface area contributed by atoms with Crippen molar-refractivity contribution in [2.45, 2.75) is 64.8 Å². The summed E-state index contributed by atoms with van der Waals surface area (Å²) in [5, 5.41) is 7.10. The smallest absolute Gasteiger partial charge is 0.225 e. The number of carbonyl (C=O) groups excluding carboxylic acids is 1. The number of likely N-dealkylation sites (tertiary alicyclic amines) is 2. The number of carbonyl (C=O) groups is 1. The van der Waals surface area contributed by atoms with Crippen molar-refractivity contribution >= 4 is 35.8 Å². The van der Waals surface area contributed by atoms with E-state index in [0.717, 1.165) is 50.8 Å². The molecule has 2 atom stereocenters. The molecule has 2 heterocycles. The Kier molecular flexibility index (Phi) is 10.5. The van der Waals surface area contributed by atoms with Crippen LogP contribution in [0.5, 0.6) is 0 Å². The molecule has 0 aromatic rings. The van der Waals surface area contributed by atoms with Crippen molar-refractivity contribution in [3.8, 4) is 0 Å². The number of rotatable bonds is 6.